The molecule has 0 radical (unpaired) electrons. The molecule has 0 heterocycles. The maximum atomic E-state index is 2.43. The number of rotatable bonds is 7. The number of anilines is 3. The van der Waals surface area contributed by atoms with Crippen LogP contribution < -0.4 is 4.90 Å². The lowest BCUT2D eigenvalue weighted by Gasteiger charge is -2.28. The van der Waals surface area contributed by atoms with E-state index in [1.165, 1.54) is 72.3 Å². The second-order valence-corrected chi connectivity index (χ2v) is 16.7. The zero-order valence-corrected chi connectivity index (χ0v) is 32.9. The van der Waals surface area contributed by atoms with Gasteiger partial charge in [0.15, 0.2) is 0 Å². The van der Waals surface area contributed by atoms with E-state index in [0.29, 0.717) is 0 Å². The van der Waals surface area contributed by atoms with Crippen molar-refractivity contribution in [3.63, 3.8) is 0 Å². The molecule has 0 spiro atoms. The van der Waals surface area contributed by atoms with Gasteiger partial charge in [-0.15, -0.1) is 0 Å². The van der Waals surface area contributed by atoms with Gasteiger partial charge in [-0.1, -0.05) is 186 Å². The number of nitrogens with zero attached hydrogens (tertiary/aromatic N) is 1. The standard InChI is InChI=1S/C55H47N/c1-54(2,3)46-27-20-44(21-28-46)45-26-34-50-51-35-33-49(37-53(51)55(4,5)52(50)36-45)56(47-29-22-42(23-30-47)39-14-10-7-11-15-39)48-31-24-43(25-32-48)41-18-16-40(17-19-41)38-12-8-6-9-13-38/h6-37H,1-5H3. The lowest BCUT2D eigenvalue weighted by atomic mass is 9.81. The Balaban J connectivity index is 1.08. The van der Waals surface area contributed by atoms with Gasteiger partial charge < -0.3 is 4.90 Å². The van der Waals surface area contributed by atoms with E-state index in [1.54, 1.807) is 0 Å². The highest BCUT2D eigenvalue weighted by Crippen LogP contribution is 2.51. The van der Waals surface area contributed by atoms with Crippen LogP contribution in [0, 0.1) is 0 Å². The first-order valence-corrected chi connectivity index (χ1v) is 19.8. The van der Waals surface area contributed by atoms with Crippen LogP contribution in [-0.2, 0) is 10.8 Å². The van der Waals surface area contributed by atoms with Crippen LogP contribution in [0.1, 0.15) is 51.3 Å². The van der Waals surface area contributed by atoms with E-state index in [-0.39, 0.29) is 10.8 Å². The molecule has 8 aromatic rings. The van der Waals surface area contributed by atoms with Gasteiger partial charge in [-0.05, 0) is 120 Å². The fraction of sp³-hybridized carbons (Fsp3) is 0.127. The molecule has 0 unspecified atom stereocenters. The first-order chi connectivity index (χ1) is 27.1. The summed E-state index contributed by atoms with van der Waals surface area (Å²) in [5.74, 6) is 0. The average molecular weight is 722 g/mol. The van der Waals surface area contributed by atoms with Crippen LogP contribution in [0.25, 0.3) is 55.6 Å². The number of benzene rings is 8. The van der Waals surface area contributed by atoms with E-state index < -0.39 is 0 Å². The quantitative estimate of drug-likeness (QED) is 0.158. The van der Waals surface area contributed by atoms with Gasteiger partial charge in [0.1, 0.15) is 0 Å². The van der Waals surface area contributed by atoms with E-state index in [9.17, 15) is 0 Å². The fourth-order valence-corrected chi connectivity index (χ4v) is 8.38. The van der Waals surface area contributed by atoms with Crippen molar-refractivity contribution >= 4 is 17.1 Å². The Morgan fingerprint density at radius 1 is 0.339 bits per heavy atom. The smallest absolute Gasteiger partial charge is 0.0465 e. The summed E-state index contributed by atoms with van der Waals surface area (Å²) in [6.07, 6.45) is 0. The molecule has 56 heavy (non-hydrogen) atoms. The van der Waals surface area contributed by atoms with Crippen LogP contribution in [-0.4, -0.2) is 0 Å². The van der Waals surface area contributed by atoms with Gasteiger partial charge >= 0.3 is 0 Å². The average Bonchev–Trinajstić information content (AvgIpc) is 3.46. The third-order valence-electron chi connectivity index (χ3n) is 11.7. The Morgan fingerprint density at radius 3 is 1.14 bits per heavy atom. The lowest BCUT2D eigenvalue weighted by molar-refractivity contribution is 0.590. The number of hydrogen-bond donors (Lipinski definition) is 0. The second-order valence-electron chi connectivity index (χ2n) is 16.7. The van der Waals surface area contributed by atoms with Crippen LogP contribution in [0.3, 0.4) is 0 Å². The maximum absolute atomic E-state index is 2.43. The molecule has 0 bridgehead atoms. The van der Waals surface area contributed by atoms with E-state index in [2.05, 4.69) is 234 Å². The summed E-state index contributed by atoms with van der Waals surface area (Å²) in [5, 5.41) is 0. The minimum atomic E-state index is -0.166. The van der Waals surface area contributed by atoms with Crippen molar-refractivity contribution in [2.45, 2.75) is 45.4 Å². The number of fused-ring (bicyclic) bond motifs is 3. The SMILES string of the molecule is CC(C)(C)c1ccc(-c2ccc3c(c2)C(C)(C)c2cc(N(c4ccc(-c5ccccc5)cc4)c4ccc(-c5ccc(-c6ccccc6)cc5)cc4)ccc2-3)cc1. The molecule has 1 nitrogen and oxygen atoms in total. The largest absolute Gasteiger partial charge is 0.310 e. The molecule has 272 valence electrons. The van der Waals surface area contributed by atoms with Crippen molar-refractivity contribution in [1.82, 2.24) is 0 Å². The molecule has 0 saturated carbocycles. The highest BCUT2D eigenvalue weighted by atomic mass is 15.1. The fourth-order valence-electron chi connectivity index (χ4n) is 8.38. The van der Waals surface area contributed by atoms with Gasteiger partial charge in [0.2, 0.25) is 0 Å². The summed E-state index contributed by atoms with van der Waals surface area (Å²) < 4.78 is 0. The van der Waals surface area contributed by atoms with E-state index in [0.717, 1.165) is 17.1 Å². The lowest BCUT2D eigenvalue weighted by Crippen LogP contribution is -2.16. The predicted octanol–water partition coefficient (Wildman–Crippen LogP) is 15.4. The van der Waals surface area contributed by atoms with Crippen molar-refractivity contribution in [2.75, 3.05) is 4.90 Å². The summed E-state index contributed by atoms with van der Waals surface area (Å²) >= 11 is 0. The minimum absolute atomic E-state index is 0.132. The molecule has 0 amide bonds. The Hall–Kier alpha value is -6.44. The predicted molar refractivity (Wildman–Crippen MR) is 239 cm³/mol. The van der Waals surface area contributed by atoms with E-state index >= 15 is 0 Å². The minimum Gasteiger partial charge on any atom is -0.310 e. The molecular weight excluding hydrogens is 675 g/mol. The van der Waals surface area contributed by atoms with Crippen molar-refractivity contribution < 1.29 is 0 Å². The van der Waals surface area contributed by atoms with Crippen molar-refractivity contribution in [3.05, 3.63) is 211 Å². The highest BCUT2D eigenvalue weighted by Gasteiger charge is 2.36. The van der Waals surface area contributed by atoms with Gasteiger partial charge in [0.25, 0.3) is 0 Å². The monoisotopic (exact) mass is 721 g/mol. The number of hydrogen-bond acceptors (Lipinski definition) is 1. The first kappa shape index (κ1) is 35.3. The first-order valence-electron chi connectivity index (χ1n) is 19.8. The Morgan fingerprint density at radius 2 is 0.679 bits per heavy atom. The molecule has 0 aromatic heterocycles. The van der Waals surface area contributed by atoms with Gasteiger partial charge in [-0.3, -0.25) is 0 Å². The third-order valence-corrected chi connectivity index (χ3v) is 11.7. The molecule has 1 aliphatic rings. The van der Waals surface area contributed by atoms with Crippen molar-refractivity contribution in [3.8, 4) is 55.6 Å². The van der Waals surface area contributed by atoms with Crippen molar-refractivity contribution in [2.24, 2.45) is 0 Å². The van der Waals surface area contributed by atoms with Gasteiger partial charge in [0, 0.05) is 22.5 Å². The van der Waals surface area contributed by atoms with Crippen LogP contribution in [0.15, 0.2) is 194 Å². The Bertz CT molecular complexity index is 2630. The Kier molecular flexibility index (Phi) is 8.82. The summed E-state index contributed by atoms with van der Waals surface area (Å²) in [6, 6.07) is 71.3. The van der Waals surface area contributed by atoms with Crippen LogP contribution >= 0.6 is 0 Å². The van der Waals surface area contributed by atoms with Crippen molar-refractivity contribution in [1.29, 1.82) is 0 Å². The Labute approximate surface area is 332 Å². The van der Waals surface area contributed by atoms with Gasteiger partial charge in [-0.2, -0.15) is 0 Å². The molecule has 8 aromatic carbocycles. The van der Waals surface area contributed by atoms with E-state index in [4.69, 9.17) is 0 Å². The van der Waals surface area contributed by atoms with Gasteiger partial charge in [-0.25, -0.2) is 0 Å². The molecule has 1 heteroatoms. The zero-order valence-electron chi connectivity index (χ0n) is 32.9. The molecule has 0 N–H and O–H groups in total. The van der Waals surface area contributed by atoms with Gasteiger partial charge in [0.05, 0.1) is 0 Å². The second kappa shape index (κ2) is 14.0. The molecule has 9 rings (SSSR count). The maximum Gasteiger partial charge on any atom is 0.0465 e. The molecule has 0 atom stereocenters. The molecule has 0 saturated heterocycles. The normalized spacial score (nSPS) is 12.9. The zero-order chi connectivity index (χ0) is 38.4. The summed E-state index contributed by atoms with van der Waals surface area (Å²) in [4.78, 5) is 2.40. The summed E-state index contributed by atoms with van der Waals surface area (Å²) in [7, 11) is 0. The molecule has 1 aliphatic carbocycles. The molecular formula is C55H47N. The summed E-state index contributed by atoms with van der Waals surface area (Å²) in [5.41, 5.74) is 19.9. The molecule has 0 fully saturated rings. The third kappa shape index (κ3) is 6.54. The van der Waals surface area contributed by atoms with Crippen LogP contribution in [0.4, 0.5) is 17.1 Å². The highest BCUT2D eigenvalue weighted by molar-refractivity contribution is 5.88. The summed E-state index contributed by atoms with van der Waals surface area (Å²) in [6.45, 7) is 11.6. The topological polar surface area (TPSA) is 3.24 Å². The van der Waals surface area contributed by atoms with E-state index in [1.807, 2.05) is 0 Å². The molecule has 0 aliphatic heterocycles. The van der Waals surface area contributed by atoms with Crippen LogP contribution in [0.5, 0.6) is 0 Å². The van der Waals surface area contributed by atoms with Crippen LogP contribution in [0.2, 0.25) is 0 Å².